The molecule has 0 spiro atoms. The number of para-hydroxylation sites is 1. The fourth-order valence-electron chi connectivity index (χ4n) is 2.72. The van der Waals surface area contributed by atoms with Gasteiger partial charge >= 0.3 is 5.97 Å². The van der Waals surface area contributed by atoms with Crippen molar-refractivity contribution in [2.75, 3.05) is 13.7 Å². The number of carbonyl (C=O) groups is 1. The summed E-state index contributed by atoms with van der Waals surface area (Å²) in [7, 11) is 1.53. The van der Waals surface area contributed by atoms with Gasteiger partial charge in [-0.1, -0.05) is 18.2 Å². The molecule has 1 N–H and O–H groups in total. The van der Waals surface area contributed by atoms with E-state index in [0.29, 0.717) is 22.3 Å². The smallest absolute Gasteiger partial charge is 0.347 e. The quantitative estimate of drug-likeness (QED) is 0.740. The molecule has 0 saturated heterocycles. The number of rotatable bonds is 4. The molecule has 0 aliphatic rings. The zero-order valence-corrected chi connectivity index (χ0v) is 13.9. The van der Waals surface area contributed by atoms with Gasteiger partial charge in [0.25, 0.3) is 5.56 Å². The average molecular weight is 339 g/mol. The summed E-state index contributed by atoms with van der Waals surface area (Å²) in [4.78, 5) is 25.2. The Kier molecular flexibility index (Phi) is 4.43. The third kappa shape index (κ3) is 2.82. The van der Waals surface area contributed by atoms with Crippen molar-refractivity contribution in [1.82, 2.24) is 4.57 Å². The molecular weight excluding hydrogens is 322 g/mol. The molecule has 25 heavy (non-hydrogen) atoms. The molecule has 0 atom stereocenters. The van der Waals surface area contributed by atoms with Crippen LogP contribution in [0.15, 0.2) is 53.3 Å². The normalized spacial score (nSPS) is 10.6. The number of hydrogen-bond acceptors (Lipinski definition) is 5. The van der Waals surface area contributed by atoms with Crippen molar-refractivity contribution >= 4 is 16.9 Å². The van der Waals surface area contributed by atoms with Crippen molar-refractivity contribution in [3.05, 3.63) is 64.4 Å². The number of aromatic nitrogens is 1. The summed E-state index contributed by atoms with van der Waals surface area (Å²) in [5.41, 5.74) is -0.0383. The van der Waals surface area contributed by atoms with Crippen molar-refractivity contribution < 1.29 is 19.4 Å². The van der Waals surface area contributed by atoms with E-state index in [2.05, 4.69) is 0 Å². The predicted molar refractivity (Wildman–Crippen MR) is 93.7 cm³/mol. The van der Waals surface area contributed by atoms with Gasteiger partial charge in [0.05, 0.1) is 24.9 Å². The van der Waals surface area contributed by atoms with Crippen molar-refractivity contribution in [1.29, 1.82) is 0 Å². The van der Waals surface area contributed by atoms with Crippen LogP contribution in [-0.2, 0) is 4.74 Å². The van der Waals surface area contributed by atoms with Crippen LogP contribution < -0.4 is 10.3 Å². The van der Waals surface area contributed by atoms with Gasteiger partial charge in [0, 0.05) is 11.5 Å². The Labute approximate surface area is 143 Å². The Bertz CT molecular complexity index is 1010. The molecule has 0 amide bonds. The van der Waals surface area contributed by atoms with Crippen LogP contribution in [0.1, 0.15) is 17.3 Å². The molecule has 2 aromatic carbocycles. The number of hydrogen-bond donors (Lipinski definition) is 1. The fraction of sp³-hybridized carbons (Fsp3) is 0.158. The van der Waals surface area contributed by atoms with Crippen molar-refractivity contribution in [3.63, 3.8) is 0 Å². The summed E-state index contributed by atoms with van der Waals surface area (Å²) in [6.45, 7) is 1.74. The lowest BCUT2D eigenvalue weighted by atomic mass is 10.1. The van der Waals surface area contributed by atoms with E-state index >= 15 is 0 Å². The fourth-order valence-corrected chi connectivity index (χ4v) is 2.72. The number of benzene rings is 2. The van der Waals surface area contributed by atoms with Gasteiger partial charge in [-0.2, -0.15) is 0 Å². The number of esters is 1. The first-order valence-corrected chi connectivity index (χ1v) is 7.76. The third-order valence-electron chi connectivity index (χ3n) is 3.84. The molecular formula is C19H17NO5. The van der Waals surface area contributed by atoms with Gasteiger partial charge in [0.15, 0.2) is 5.56 Å². The molecule has 1 aromatic heterocycles. The summed E-state index contributed by atoms with van der Waals surface area (Å²) in [5.74, 6) is -0.662. The number of aromatic hydroxyl groups is 1. The Morgan fingerprint density at radius 1 is 1.16 bits per heavy atom. The Hall–Kier alpha value is -3.28. The highest BCUT2D eigenvalue weighted by atomic mass is 16.5. The Morgan fingerprint density at radius 3 is 2.64 bits per heavy atom. The first-order valence-electron chi connectivity index (χ1n) is 7.76. The molecule has 0 fully saturated rings. The SMILES string of the molecule is CCOC(=O)c1c(O)c2ccccc2n(-c2cccc(OC)c2)c1=O. The van der Waals surface area contributed by atoms with Crippen LogP contribution >= 0.6 is 0 Å². The van der Waals surface area contributed by atoms with Crippen molar-refractivity contribution in [3.8, 4) is 17.2 Å². The Morgan fingerprint density at radius 2 is 1.92 bits per heavy atom. The highest BCUT2D eigenvalue weighted by molar-refractivity contribution is 6.00. The largest absolute Gasteiger partial charge is 0.506 e. The summed E-state index contributed by atoms with van der Waals surface area (Å²) < 4.78 is 11.5. The summed E-state index contributed by atoms with van der Waals surface area (Å²) in [6, 6.07) is 13.7. The Balaban J connectivity index is 2.41. The van der Waals surface area contributed by atoms with E-state index in [-0.39, 0.29) is 17.9 Å². The van der Waals surface area contributed by atoms with Gasteiger partial charge < -0.3 is 14.6 Å². The van der Waals surface area contributed by atoms with Crippen LogP contribution in [0.5, 0.6) is 11.5 Å². The van der Waals surface area contributed by atoms with Gasteiger partial charge in [-0.25, -0.2) is 4.79 Å². The van der Waals surface area contributed by atoms with E-state index in [4.69, 9.17) is 9.47 Å². The van der Waals surface area contributed by atoms with Crippen LogP contribution in [0, 0.1) is 0 Å². The number of ether oxygens (including phenoxy) is 2. The third-order valence-corrected chi connectivity index (χ3v) is 3.84. The van der Waals surface area contributed by atoms with E-state index in [1.54, 1.807) is 55.5 Å². The van der Waals surface area contributed by atoms with Crippen LogP contribution in [0.2, 0.25) is 0 Å². The minimum Gasteiger partial charge on any atom is -0.506 e. The van der Waals surface area contributed by atoms with Gasteiger partial charge in [-0.3, -0.25) is 9.36 Å². The van der Waals surface area contributed by atoms with E-state index in [1.165, 1.54) is 11.7 Å². The highest BCUT2D eigenvalue weighted by Gasteiger charge is 2.23. The molecule has 128 valence electrons. The average Bonchev–Trinajstić information content (AvgIpc) is 2.62. The lowest BCUT2D eigenvalue weighted by Gasteiger charge is -2.15. The maximum atomic E-state index is 13.0. The number of methoxy groups -OCH3 is 1. The molecule has 0 saturated carbocycles. The second-order valence-corrected chi connectivity index (χ2v) is 5.30. The molecule has 0 aliphatic carbocycles. The predicted octanol–water partition coefficient (Wildman–Crippen LogP) is 2.88. The van der Waals surface area contributed by atoms with Crippen LogP contribution in [0.3, 0.4) is 0 Å². The lowest BCUT2D eigenvalue weighted by Crippen LogP contribution is -2.27. The molecule has 6 nitrogen and oxygen atoms in total. The number of carbonyl (C=O) groups excluding carboxylic acids is 1. The van der Waals surface area contributed by atoms with E-state index in [0.717, 1.165) is 0 Å². The molecule has 0 radical (unpaired) electrons. The first kappa shape index (κ1) is 16.6. The van der Waals surface area contributed by atoms with E-state index in [9.17, 15) is 14.7 Å². The zero-order chi connectivity index (χ0) is 18.0. The van der Waals surface area contributed by atoms with E-state index < -0.39 is 11.5 Å². The van der Waals surface area contributed by atoms with Gasteiger partial charge in [-0.15, -0.1) is 0 Å². The first-order chi connectivity index (χ1) is 12.1. The number of nitrogens with zero attached hydrogens (tertiary/aromatic N) is 1. The summed E-state index contributed by atoms with van der Waals surface area (Å²) in [5, 5.41) is 10.8. The second-order valence-electron chi connectivity index (χ2n) is 5.30. The topological polar surface area (TPSA) is 77.8 Å². The molecule has 0 unspecified atom stereocenters. The van der Waals surface area contributed by atoms with Crippen LogP contribution in [0.25, 0.3) is 16.6 Å². The molecule has 1 heterocycles. The second kappa shape index (κ2) is 6.68. The molecule has 3 aromatic rings. The summed E-state index contributed by atoms with van der Waals surface area (Å²) in [6.07, 6.45) is 0. The van der Waals surface area contributed by atoms with Crippen LogP contribution in [-0.4, -0.2) is 29.4 Å². The lowest BCUT2D eigenvalue weighted by molar-refractivity contribution is 0.0521. The maximum absolute atomic E-state index is 13.0. The monoisotopic (exact) mass is 339 g/mol. The maximum Gasteiger partial charge on any atom is 0.347 e. The van der Waals surface area contributed by atoms with Gasteiger partial charge in [0.1, 0.15) is 11.5 Å². The number of fused-ring (bicyclic) bond motifs is 1. The molecule has 0 aliphatic heterocycles. The molecule has 6 heteroatoms. The van der Waals surface area contributed by atoms with Crippen molar-refractivity contribution in [2.45, 2.75) is 6.92 Å². The highest BCUT2D eigenvalue weighted by Crippen LogP contribution is 2.29. The molecule has 3 rings (SSSR count). The standard InChI is InChI=1S/C19H17NO5/c1-3-25-19(23)16-17(21)14-9-4-5-10-15(14)20(18(16)22)12-7-6-8-13(11-12)24-2/h4-11,21H,3H2,1-2H3. The van der Waals surface area contributed by atoms with Gasteiger partial charge in [0.2, 0.25) is 0 Å². The molecule has 0 bridgehead atoms. The van der Waals surface area contributed by atoms with Gasteiger partial charge in [-0.05, 0) is 31.2 Å². The minimum absolute atomic E-state index is 0.101. The summed E-state index contributed by atoms with van der Waals surface area (Å²) >= 11 is 0. The van der Waals surface area contributed by atoms with E-state index in [1.807, 2.05) is 0 Å². The van der Waals surface area contributed by atoms with Crippen molar-refractivity contribution in [2.24, 2.45) is 0 Å². The minimum atomic E-state index is -0.854. The van der Waals surface area contributed by atoms with Crippen LogP contribution in [0.4, 0.5) is 0 Å². The zero-order valence-electron chi connectivity index (χ0n) is 13.9. The number of pyridine rings is 1.